The van der Waals surface area contributed by atoms with E-state index in [0.717, 1.165) is 22.3 Å². The molecule has 0 fully saturated rings. The van der Waals surface area contributed by atoms with Crippen molar-refractivity contribution in [1.82, 2.24) is 4.98 Å². The molecule has 0 saturated heterocycles. The van der Waals surface area contributed by atoms with E-state index < -0.39 is 0 Å². The van der Waals surface area contributed by atoms with Gasteiger partial charge in [0, 0.05) is 24.2 Å². The number of anilines is 1. The zero-order valence-electron chi connectivity index (χ0n) is 15.2. The summed E-state index contributed by atoms with van der Waals surface area (Å²) in [7, 11) is 0. The maximum absolute atomic E-state index is 12.5. The molecule has 2 heterocycles. The van der Waals surface area contributed by atoms with Crippen LogP contribution >= 0.6 is 0 Å². The summed E-state index contributed by atoms with van der Waals surface area (Å²) in [4.78, 5) is 27.9. The van der Waals surface area contributed by atoms with E-state index in [4.69, 9.17) is 9.47 Å². The van der Waals surface area contributed by atoms with Crippen molar-refractivity contribution in [3.8, 4) is 11.5 Å². The number of hydrogen-bond acceptors (Lipinski definition) is 5. The van der Waals surface area contributed by atoms with Crippen LogP contribution in [0.1, 0.15) is 29.2 Å². The molecule has 1 aromatic carbocycles. The lowest BCUT2D eigenvalue weighted by Crippen LogP contribution is -2.22. The topological polar surface area (TPSA) is 77.5 Å². The summed E-state index contributed by atoms with van der Waals surface area (Å²) in [5, 5.41) is 2.80. The molecule has 6 nitrogen and oxygen atoms in total. The van der Waals surface area contributed by atoms with Crippen molar-refractivity contribution in [2.45, 2.75) is 27.7 Å². The van der Waals surface area contributed by atoms with Crippen molar-refractivity contribution in [3.63, 3.8) is 0 Å². The van der Waals surface area contributed by atoms with E-state index in [1.54, 1.807) is 30.6 Å². The number of hydrogen-bond donors (Lipinski definition) is 1. The molecule has 134 valence electrons. The van der Waals surface area contributed by atoms with E-state index in [-0.39, 0.29) is 18.5 Å². The Morgan fingerprint density at radius 2 is 1.96 bits per heavy atom. The molecule has 1 amide bonds. The molecule has 0 aliphatic carbocycles. The first-order valence-electron chi connectivity index (χ1n) is 8.25. The number of amides is 1. The molecule has 0 radical (unpaired) electrons. The highest BCUT2D eigenvalue weighted by Crippen LogP contribution is 2.41. The van der Waals surface area contributed by atoms with Crippen molar-refractivity contribution < 1.29 is 19.1 Å². The average Bonchev–Trinajstić information content (AvgIpc) is 2.63. The number of benzene rings is 1. The Bertz CT molecular complexity index is 917. The zero-order chi connectivity index (χ0) is 18.8. The first-order valence-corrected chi connectivity index (χ1v) is 8.25. The number of esters is 1. The van der Waals surface area contributed by atoms with Gasteiger partial charge < -0.3 is 14.8 Å². The van der Waals surface area contributed by atoms with Crippen LogP contribution in [0.5, 0.6) is 11.5 Å². The van der Waals surface area contributed by atoms with Crippen LogP contribution in [0.2, 0.25) is 0 Å². The second kappa shape index (κ2) is 7.00. The fourth-order valence-electron chi connectivity index (χ4n) is 2.92. The molecule has 1 aromatic heterocycles. The Balaban J connectivity index is 1.99. The molecule has 6 heteroatoms. The van der Waals surface area contributed by atoms with E-state index in [9.17, 15) is 9.59 Å². The molecule has 2 aromatic rings. The van der Waals surface area contributed by atoms with E-state index in [1.165, 1.54) is 6.92 Å². The number of nitrogens with zero attached hydrogens (tertiary/aromatic N) is 1. The second-order valence-electron chi connectivity index (χ2n) is 6.19. The third-order valence-electron chi connectivity index (χ3n) is 4.38. The van der Waals surface area contributed by atoms with E-state index in [0.29, 0.717) is 22.8 Å². The van der Waals surface area contributed by atoms with E-state index in [1.807, 2.05) is 20.8 Å². The van der Waals surface area contributed by atoms with Crippen molar-refractivity contribution in [1.29, 1.82) is 0 Å². The van der Waals surface area contributed by atoms with Crippen molar-refractivity contribution in [2.75, 3.05) is 11.9 Å². The van der Waals surface area contributed by atoms with Crippen molar-refractivity contribution in [2.24, 2.45) is 0 Å². The predicted molar refractivity (Wildman–Crippen MR) is 98.3 cm³/mol. The van der Waals surface area contributed by atoms with Crippen LogP contribution in [0.25, 0.3) is 6.08 Å². The number of carbonyl (C=O) groups is 2. The normalized spacial score (nSPS) is 12.5. The lowest BCUT2D eigenvalue weighted by atomic mass is 9.94. The highest BCUT2D eigenvalue weighted by atomic mass is 16.5. The summed E-state index contributed by atoms with van der Waals surface area (Å²) in [6.45, 7) is 7.19. The summed E-state index contributed by atoms with van der Waals surface area (Å²) in [6, 6.07) is 3.51. The van der Waals surface area contributed by atoms with Gasteiger partial charge in [0.15, 0.2) is 0 Å². The molecule has 0 spiro atoms. The molecule has 0 unspecified atom stereocenters. The van der Waals surface area contributed by atoms with Gasteiger partial charge in [0.25, 0.3) is 5.91 Å². The van der Waals surface area contributed by atoms with Crippen molar-refractivity contribution in [3.05, 3.63) is 52.4 Å². The number of nitrogens with one attached hydrogen (secondary N) is 1. The second-order valence-corrected chi connectivity index (χ2v) is 6.19. The monoisotopic (exact) mass is 352 g/mol. The first-order chi connectivity index (χ1) is 12.4. The highest BCUT2D eigenvalue weighted by molar-refractivity contribution is 6.07. The minimum absolute atomic E-state index is 0.172. The van der Waals surface area contributed by atoms with Gasteiger partial charge in [0.05, 0.1) is 17.5 Å². The van der Waals surface area contributed by atoms with Gasteiger partial charge in [-0.1, -0.05) is 0 Å². The van der Waals surface area contributed by atoms with Crippen LogP contribution in [0.4, 0.5) is 5.69 Å². The number of ether oxygens (including phenoxy) is 2. The Morgan fingerprint density at radius 1 is 1.19 bits per heavy atom. The zero-order valence-corrected chi connectivity index (χ0v) is 15.2. The van der Waals surface area contributed by atoms with Gasteiger partial charge in [-0.2, -0.15) is 0 Å². The quantitative estimate of drug-likeness (QED) is 0.677. The summed E-state index contributed by atoms with van der Waals surface area (Å²) in [5.41, 5.74) is 4.37. The molecular formula is C20H20N2O4. The molecule has 26 heavy (non-hydrogen) atoms. The lowest BCUT2D eigenvalue weighted by Gasteiger charge is -2.24. The molecule has 1 N–H and O–H groups in total. The lowest BCUT2D eigenvalue weighted by molar-refractivity contribution is -0.132. The standard InChI is InChI=1S/C20H20N2O4/c1-11-12(2)19-17(13(3)18(11)26-14(4)23)8-15(10-25-19)20(24)22-16-6-5-7-21-9-16/h5-9H,10H2,1-4H3,(H,22,24). The summed E-state index contributed by atoms with van der Waals surface area (Å²) in [5.74, 6) is 0.595. The summed E-state index contributed by atoms with van der Waals surface area (Å²) < 4.78 is 11.2. The smallest absolute Gasteiger partial charge is 0.308 e. The highest BCUT2D eigenvalue weighted by Gasteiger charge is 2.25. The Morgan fingerprint density at radius 3 is 2.62 bits per heavy atom. The maximum Gasteiger partial charge on any atom is 0.308 e. The molecule has 0 saturated carbocycles. The van der Waals surface area contributed by atoms with Crippen LogP contribution in [-0.2, 0) is 9.59 Å². The molecule has 0 atom stereocenters. The fourth-order valence-corrected chi connectivity index (χ4v) is 2.92. The average molecular weight is 352 g/mol. The number of carbonyl (C=O) groups excluding carboxylic acids is 2. The number of rotatable bonds is 3. The Labute approximate surface area is 151 Å². The van der Waals surface area contributed by atoms with E-state index >= 15 is 0 Å². The Hall–Kier alpha value is -3.15. The fraction of sp³-hybridized carbons (Fsp3) is 0.250. The third-order valence-corrected chi connectivity index (χ3v) is 4.38. The molecule has 3 rings (SSSR count). The van der Waals surface area contributed by atoms with Gasteiger partial charge in [-0.25, -0.2) is 0 Å². The van der Waals surface area contributed by atoms with Gasteiger partial charge >= 0.3 is 5.97 Å². The number of fused-ring (bicyclic) bond motifs is 1. The molecular weight excluding hydrogens is 332 g/mol. The molecule has 1 aliphatic heterocycles. The van der Waals surface area contributed by atoms with Crippen LogP contribution in [0.3, 0.4) is 0 Å². The van der Waals surface area contributed by atoms with Crippen LogP contribution in [0, 0.1) is 20.8 Å². The molecule has 1 aliphatic rings. The summed E-state index contributed by atoms with van der Waals surface area (Å²) in [6.07, 6.45) is 5.01. The summed E-state index contributed by atoms with van der Waals surface area (Å²) >= 11 is 0. The van der Waals surface area contributed by atoms with E-state index in [2.05, 4.69) is 10.3 Å². The van der Waals surface area contributed by atoms with Crippen LogP contribution in [-0.4, -0.2) is 23.5 Å². The van der Waals surface area contributed by atoms with Gasteiger partial charge in [-0.05, 0) is 50.1 Å². The van der Waals surface area contributed by atoms with Gasteiger partial charge in [0.2, 0.25) is 0 Å². The minimum atomic E-state index is -0.384. The van der Waals surface area contributed by atoms with Crippen molar-refractivity contribution >= 4 is 23.6 Å². The predicted octanol–water partition coefficient (Wildman–Crippen LogP) is 3.35. The third kappa shape index (κ3) is 3.31. The SMILES string of the molecule is CC(=O)Oc1c(C)c(C)c2c(c1C)C=C(C(=O)Nc1cccnc1)CO2. The van der Waals surface area contributed by atoms with Gasteiger partial charge in [-0.15, -0.1) is 0 Å². The largest absolute Gasteiger partial charge is 0.488 e. The first kappa shape index (κ1) is 17.7. The Kier molecular flexibility index (Phi) is 4.75. The van der Waals surface area contributed by atoms with Gasteiger partial charge in [0.1, 0.15) is 18.1 Å². The van der Waals surface area contributed by atoms with Gasteiger partial charge in [-0.3, -0.25) is 14.6 Å². The number of pyridine rings is 1. The van der Waals surface area contributed by atoms with Crippen LogP contribution < -0.4 is 14.8 Å². The number of aromatic nitrogens is 1. The maximum atomic E-state index is 12.5. The minimum Gasteiger partial charge on any atom is -0.488 e. The van der Waals surface area contributed by atoms with Crippen LogP contribution in [0.15, 0.2) is 30.1 Å². The molecule has 0 bridgehead atoms.